The summed E-state index contributed by atoms with van der Waals surface area (Å²) in [5, 5.41) is 11.2. The molecule has 1 aromatic carbocycles. The first-order chi connectivity index (χ1) is 8.99. The third-order valence-corrected chi connectivity index (χ3v) is 5.37. The number of anilines is 1. The average Bonchev–Trinajstić information content (AvgIpc) is 2.35. The number of amides is 1. The van der Waals surface area contributed by atoms with Gasteiger partial charge in [-0.2, -0.15) is 0 Å². The molecule has 1 amide bonds. The number of hydrogen-bond donors (Lipinski definition) is 3. The van der Waals surface area contributed by atoms with Crippen LogP contribution in [0.1, 0.15) is 6.42 Å². The number of thioether (sulfide) groups is 1. The summed E-state index contributed by atoms with van der Waals surface area (Å²) >= 11 is -0.562. The van der Waals surface area contributed by atoms with Crippen LogP contribution in [0.4, 0.5) is 5.69 Å². The van der Waals surface area contributed by atoms with Crippen molar-refractivity contribution in [1.82, 2.24) is 0 Å². The average molecular weight is 345 g/mol. The van der Waals surface area contributed by atoms with E-state index in [1.807, 2.05) is 17.8 Å². The minimum absolute atomic E-state index is 0.0614. The number of carbonyl (C=O) groups excluding carboxylic acids is 1. The molecule has 3 N–H and O–H groups in total. The molecule has 0 fully saturated rings. The van der Waals surface area contributed by atoms with Crippen LogP contribution in [-0.4, -0.2) is 47.6 Å². The van der Waals surface area contributed by atoms with Gasteiger partial charge in [-0.1, -0.05) is 0 Å². The summed E-state index contributed by atoms with van der Waals surface area (Å²) in [5.74, 6) is -0.347. The molecule has 0 aliphatic rings. The number of carboxylic acids is 1. The molecule has 0 bridgehead atoms. The molecular weight excluding hydrogens is 329 g/mol. The van der Waals surface area contributed by atoms with Crippen LogP contribution in [0.3, 0.4) is 0 Å². The Morgan fingerprint density at radius 2 is 1.95 bits per heavy atom. The van der Waals surface area contributed by atoms with Crippen LogP contribution < -0.4 is 9.67 Å². The quantitative estimate of drug-likeness (QED) is 0.499. The minimum atomic E-state index is -1.85. The summed E-state index contributed by atoms with van der Waals surface area (Å²) in [6.45, 7) is 0. The molecule has 5 nitrogen and oxygen atoms in total. The number of aliphatic carboxylic acids is 1. The Hall–Kier alpha value is -0.972. The van der Waals surface area contributed by atoms with Crippen molar-refractivity contribution in [2.24, 2.45) is 0 Å². The van der Waals surface area contributed by atoms with E-state index in [1.54, 1.807) is 12.1 Å². The first kappa shape index (κ1) is 16.1. The number of carboxylic acid groups (broad SMARTS) is 1. The zero-order chi connectivity index (χ0) is 14.3. The van der Waals surface area contributed by atoms with E-state index in [1.165, 1.54) is 11.8 Å². The molecule has 19 heavy (non-hydrogen) atoms. The maximum absolute atomic E-state index is 11.6. The summed E-state index contributed by atoms with van der Waals surface area (Å²) in [5.41, 5.74) is 2.50. The first-order valence-electron chi connectivity index (χ1n) is 5.61. The molecule has 0 aliphatic carbocycles. The van der Waals surface area contributed by atoms with Gasteiger partial charge in [0.25, 0.3) is 0 Å². The fraction of sp³-hybridized carbons (Fsp3) is 0.333. The van der Waals surface area contributed by atoms with Crippen molar-refractivity contribution in [3.05, 3.63) is 24.3 Å². The van der Waals surface area contributed by atoms with Crippen molar-refractivity contribution in [3.8, 4) is 0 Å². The molecule has 0 saturated heterocycles. The van der Waals surface area contributed by atoms with Crippen molar-refractivity contribution in [1.29, 1.82) is 0 Å². The van der Waals surface area contributed by atoms with E-state index in [2.05, 4.69) is 5.32 Å². The molecule has 0 radical (unpaired) electrons. The molecule has 0 spiro atoms. The van der Waals surface area contributed by atoms with E-state index < -0.39 is 21.0 Å². The number of nitrogens with one attached hydrogen (secondary N) is 1. The molecule has 1 atom stereocenters. The van der Waals surface area contributed by atoms with Gasteiger partial charge >= 0.3 is 121 Å². The molecule has 1 aromatic rings. The molecule has 7 heteroatoms. The van der Waals surface area contributed by atoms with Crippen molar-refractivity contribution >= 4 is 48.7 Å². The summed E-state index contributed by atoms with van der Waals surface area (Å²) in [4.78, 5) is 21.8. The van der Waals surface area contributed by atoms with Crippen LogP contribution in [0.5, 0.6) is 0 Å². The SMILES string of the molecule is C[As](O)c1ccc(NC(=O)CSCCC(=O)O)cc1. The number of benzene rings is 1. The van der Waals surface area contributed by atoms with Crippen LogP contribution in [0.2, 0.25) is 5.71 Å². The number of rotatable bonds is 7. The predicted molar refractivity (Wildman–Crippen MR) is 78.1 cm³/mol. The van der Waals surface area contributed by atoms with E-state index in [0.717, 1.165) is 4.35 Å². The predicted octanol–water partition coefficient (Wildman–Crippen LogP) is 0.654. The van der Waals surface area contributed by atoms with Gasteiger partial charge in [0.05, 0.1) is 0 Å². The van der Waals surface area contributed by atoms with Crippen LogP contribution in [0, 0.1) is 0 Å². The fourth-order valence-corrected chi connectivity index (χ4v) is 3.22. The van der Waals surface area contributed by atoms with Crippen molar-refractivity contribution in [2.75, 3.05) is 16.8 Å². The van der Waals surface area contributed by atoms with Crippen LogP contribution in [0.15, 0.2) is 24.3 Å². The number of hydrogen-bond acceptors (Lipinski definition) is 4. The second-order valence-electron chi connectivity index (χ2n) is 3.81. The molecule has 0 saturated carbocycles. The monoisotopic (exact) mass is 345 g/mol. The van der Waals surface area contributed by atoms with Gasteiger partial charge in [0.2, 0.25) is 0 Å². The zero-order valence-electron chi connectivity index (χ0n) is 10.5. The fourth-order valence-electron chi connectivity index (χ4n) is 1.28. The Balaban J connectivity index is 2.33. The standard InChI is InChI=1S/C12H16AsNO4S/c1-13(18)9-2-4-10(5-3-9)14-11(15)8-19-7-6-12(16)17/h2-5,18H,6-8H2,1H3,(H,14,15)(H,16,17). The van der Waals surface area contributed by atoms with E-state index in [4.69, 9.17) is 5.11 Å². The van der Waals surface area contributed by atoms with E-state index >= 15 is 0 Å². The van der Waals surface area contributed by atoms with Crippen LogP contribution in [-0.2, 0) is 9.59 Å². The second-order valence-corrected chi connectivity index (χ2v) is 8.20. The van der Waals surface area contributed by atoms with Crippen LogP contribution >= 0.6 is 11.8 Å². The van der Waals surface area contributed by atoms with Gasteiger partial charge < -0.3 is 0 Å². The molecule has 0 aliphatic heterocycles. The molecule has 1 rings (SSSR count). The summed E-state index contributed by atoms with van der Waals surface area (Å²) in [6, 6.07) is 7.15. The molecule has 1 unspecified atom stereocenters. The van der Waals surface area contributed by atoms with Gasteiger partial charge in [0.1, 0.15) is 0 Å². The van der Waals surface area contributed by atoms with Crippen LogP contribution in [0.25, 0.3) is 0 Å². The number of carbonyl (C=O) groups is 2. The summed E-state index contributed by atoms with van der Waals surface area (Å²) in [6.07, 6.45) is 0.0614. The van der Waals surface area contributed by atoms with Crippen molar-refractivity contribution in [3.63, 3.8) is 0 Å². The Morgan fingerprint density at radius 3 is 2.47 bits per heavy atom. The molecule has 0 aromatic heterocycles. The Kier molecular flexibility index (Phi) is 6.98. The van der Waals surface area contributed by atoms with E-state index in [0.29, 0.717) is 11.4 Å². The zero-order valence-corrected chi connectivity index (χ0v) is 13.2. The molecular formula is C12H16AsNO4S. The van der Waals surface area contributed by atoms with Gasteiger partial charge in [-0.05, 0) is 0 Å². The van der Waals surface area contributed by atoms with Gasteiger partial charge in [-0.15, -0.1) is 0 Å². The van der Waals surface area contributed by atoms with Gasteiger partial charge in [-0.3, -0.25) is 0 Å². The van der Waals surface area contributed by atoms with Gasteiger partial charge in [0.15, 0.2) is 0 Å². The normalized spacial score (nSPS) is 11.9. The summed E-state index contributed by atoms with van der Waals surface area (Å²) in [7, 11) is 0. The Bertz CT molecular complexity index is 436. The second kappa shape index (κ2) is 8.25. The third kappa shape index (κ3) is 6.66. The summed E-state index contributed by atoms with van der Waals surface area (Å²) < 4.78 is 10.4. The van der Waals surface area contributed by atoms with E-state index in [-0.39, 0.29) is 18.1 Å². The van der Waals surface area contributed by atoms with E-state index in [9.17, 15) is 13.7 Å². The first-order valence-corrected chi connectivity index (χ1v) is 10.4. The molecule has 0 heterocycles. The Labute approximate surface area is 121 Å². The van der Waals surface area contributed by atoms with Crippen molar-refractivity contribution in [2.45, 2.75) is 12.1 Å². The van der Waals surface area contributed by atoms with Gasteiger partial charge in [0, 0.05) is 0 Å². The Morgan fingerprint density at radius 1 is 1.32 bits per heavy atom. The van der Waals surface area contributed by atoms with Gasteiger partial charge in [-0.25, -0.2) is 0 Å². The third-order valence-electron chi connectivity index (χ3n) is 2.22. The van der Waals surface area contributed by atoms with Crippen molar-refractivity contribution < 1.29 is 18.8 Å². The molecule has 104 valence electrons. The topological polar surface area (TPSA) is 86.6 Å². The maximum atomic E-state index is 11.6.